The van der Waals surface area contributed by atoms with E-state index in [1.54, 1.807) is 17.0 Å². The van der Waals surface area contributed by atoms with Gasteiger partial charge in [-0.15, -0.1) is 0 Å². The maximum absolute atomic E-state index is 8.79. The van der Waals surface area contributed by atoms with E-state index in [1.807, 2.05) is 54.7 Å². The van der Waals surface area contributed by atoms with E-state index in [0.29, 0.717) is 6.61 Å². The molecule has 118 valence electrons. The molecule has 1 heterocycles. The highest BCUT2D eigenvalue weighted by atomic mass is 16.5. The number of ether oxygens (including phenoxy) is 1. The maximum Gasteiger partial charge on any atom is 0.128 e. The minimum Gasteiger partial charge on any atom is -0.488 e. The summed E-state index contributed by atoms with van der Waals surface area (Å²) in [6.45, 7) is 4.53. The third-order valence-corrected chi connectivity index (χ3v) is 3.66. The summed E-state index contributed by atoms with van der Waals surface area (Å²) < 4.78 is 7.65. The van der Waals surface area contributed by atoms with Crippen LogP contribution in [-0.2, 0) is 13.2 Å². The van der Waals surface area contributed by atoms with Crippen molar-refractivity contribution >= 4 is 6.08 Å². The molecule has 0 bridgehead atoms. The molecule has 0 aliphatic heterocycles. The Kier molecular flexibility index (Phi) is 4.73. The van der Waals surface area contributed by atoms with Crippen LogP contribution < -0.4 is 4.74 Å². The van der Waals surface area contributed by atoms with Crippen molar-refractivity contribution in [3.63, 3.8) is 0 Å². The number of benzene rings is 2. The first-order valence-electron chi connectivity index (χ1n) is 7.63. The Morgan fingerprint density at radius 1 is 1.21 bits per heavy atom. The number of hydrogen-bond donors (Lipinski definition) is 0. The highest BCUT2D eigenvalue weighted by molar-refractivity contribution is 5.71. The van der Waals surface area contributed by atoms with Gasteiger partial charge in [-0.3, -0.25) is 4.68 Å². The lowest BCUT2D eigenvalue weighted by Crippen LogP contribution is -1.97. The van der Waals surface area contributed by atoms with Crippen molar-refractivity contribution in [1.82, 2.24) is 9.78 Å². The van der Waals surface area contributed by atoms with Crippen molar-refractivity contribution in [2.24, 2.45) is 0 Å². The van der Waals surface area contributed by atoms with Crippen LogP contribution in [0.1, 0.15) is 11.1 Å². The van der Waals surface area contributed by atoms with Crippen LogP contribution >= 0.6 is 0 Å². The highest BCUT2D eigenvalue weighted by Crippen LogP contribution is 2.31. The largest absolute Gasteiger partial charge is 0.488 e. The lowest BCUT2D eigenvalue weighted by Gasteiger charge is -2.12. The molecule has 0 saturated carbocycles. The molecule has 4 nitrogen and oxygen atoms in total. The summed E-state index contributed by atoms with van der Waals surface area (Å²) in [6.07, 6.45) is 5.38. The van der Waals surface area contributed by atoms with Crippen molar-refractivity contribution in [3.05, 3.63) is 78.6 Å². The van der Waals surface area contributed by atoms with E-state index in [2.05, 4.69) is 17.7 Å². The predicted octanol–water partition coefficient (Wildman–Crippen LogP) is 4.30. The van der Waals surface area contributed by atoms with Crippen LogP contribution in [0.2, 0.25) is 0 Å². The minimum atomic E-state index is 0.227. The van der Waals surface area contributed by atoms with Crippen LogP contribution in [0.25, 0.3) is 17.2 Å². The number of aromatic nitrogens is 2. The van der Waals surface area contributed by atoms with Crippen LogP contribution in [0.15, 0.2) is 67.5 Å². The molecule has 4 heteroatoms. The quantitative estimate of drug-likeness (QED) is 0.681. The van der Waals surface area contributed by atoms with Gasteiger partial charge in [0.25, 0.3) is 0 Å². The molecule has 3 rings (SSSR count). The third kappa shape index (κ3) is 3.53. The van der Waals surface area contributed by atoms with Crippen molar-refractivity contribution in [1.29, 1.82) is 5.26 Å². The first-order valence-corrected chi connectivity index (χ1v) is 7.63. The number of nitrogens with zero attached hydrogens (tertiary/aromatic N) is 3. The van der Waals surface area contributed by atoms with Crippen LogP contribution in [-0.4, -0.2) is 9.78 Å². The van der Waals surface area contributed by atoms with Gasteiger partial charge >= 0.3 is 0 Å². The van der Waals surface area contributed by atoms with Gasteiger partial charge in [0, 0.05) is 17.3 Å². The molecule has 2 aromatic carbocycles. The Balaban J connectivity index is 1.90. The molecular weight excluding hydrogens is 298 g/mol. The summed E-state index contributed by atoms with van der Waals surface area (Å²) in [5.74, 6) is 0.771. The van der Waals surface area contributed by atoms with E-state index >= 15 is 0 Å². The molecule has 0 saturated heterocycles. The van der Waals surface area contributed by atoms with Gasteiger partial charge in [0.1, 0.15) is 18.9 Å². The monoisotopic (exact) mass is 315 g/mol. The summed E-state index contributed by atoms with van der Waals surface area (Å²) in [7, 11) is 0. The van der Waals surface area contributed by atoms with Crippen LogP contribution in [0.5, 0.6) is 5.75 Å². The van der Waals surface area contributed by atoms with Gasteiger partial charge in [-0.2, -0.15) is 10.4 Å². The fourth-order valence-electron chi connectivity index (χ4n) is 2.42. The van der Waals surface area contributed by atoms with Crippen LogP contribution in [0, 0.1) is 11.3 Å². The topological polar surface area (TPSA) is 50.8 Å². The zero-order chi connectivity index (χ0) is 16.8. The van der Waals surface area contributed by atoms with Crippen molar-refractivity contribution in [2.45, 2.75) is 13.2 Å². The molecule has 0 aliphatic rings. The van der Waals surface area contributed by atoms with E-state index in [9.17, 15) is 0 Å². The Morgan fingerprint density at radius 3 is 2.79 bits per heavy atom. The molecule has 0 fully saturated rings. The molecule has 0 amide bonds. The zero-order valence-corrected chi connectivity index (χ0v) is 13.2. The average molecular weight is 315 g/mol. The Bertz CT molecular complexity index is 875. The Hall–Kier alpha value is -3.32. The van der Waals surface area contributed by atoms with Gasteiger partial charge in [-0.05, 0) is 23.3 Å². The molecule has 1 aromatic heterocycles. The van der Waals surface area contributed by atoms with Gasteiger partial charge in [0.2, 0.25) is 0 Å². The van der Waals surface area contributed by atoms with Gasteiger partial charge in [-0.25, -0.2) is 0 Å². The lowest BCUT2D eigenvalue weighted by atomic mass is 10.1. The summed E-state index contributed by atoms with van der Waals surface area (Å²) >= 11 is 0. The van der Waals surface area contributed by atoms with Crippen LogP contribution in [0.4, 0.5) is 0 Å². The van der Waals surface area contributed by atoms with E-state index < -0.39 is 0 Å². The van der Waals surface area contributed by atoms with E-state index in [4.69, 9.17) is 10.00 Å². The molecule has 0 aliphatic carbocycles. The number of nitriles is 1. The van der Waals surface area contributed by atoms with Gasteiger partial charge in [0.05, 0.1) is 12.3 Å². The molecule has 24 heavy (non-hydrogen) atoms. The Morgan fingerprint density at radius 2 is 2.04 bits per heavy atom. The third-order valence-electron chi connectivity index (χ3n) is 3.66. The van der Waals surface area contributed by atoms with Crippen LogP contribution in [0.3, 0.4) is 0 Å². The second-order valence-electron chi connectivity index (χ2n) is 5.32. The molecular formula is C20H17N3O. The average Bonchev–Trinajstić information content (AvgIpc) is 3.09. The van der Waals surface area contributed by atoms with Gasteiger partial charge < -0.3 is 4.74 Å². The molecule has 0 N–H and O–H groups in total. The fraction of sp³-hybridized carbons (Fsp3) is 0.100. The predicted molar refractivity (Wildman–Crippen MR) is 94.1 cm³/mol. The molecule has 0 spiro atoms. The standard InChI is InChI=1S/C20H17N3O/c1-2-16-8-9-19(18-13-22-23(14-18)11-10-21)20(12-16)24-15-17-6-4-3-5-7-17/h2-9,12-14H,1,11,15H2. The summed E-state index contributed by atoms with van der Waals surface area (Å²) in [5, 5.41) is 13.0. The normalized spacial score (nSPS) is 10.1. The van der Waals surface area contributed by atoms with Gasteiger partial charge in [-0.1, -0.05) is 49.1 Å². The smallest absolute Gasteiger partial charge is 0.128 e. The van der Waals surface area contributed by atoms with E-state index in [0.717, 1.165) is 28.0 Å². The SMILES string of the molecule is C=Cc1ccc(-c2cnn(CC#N)c2)c(OCc2ccccc2)c1. The highest BCUT2D eigenvalue weighted by Gasteiger charge is 2.10. The van der Waals surface area contributed by atoms with Crippen molar-refractivity contribution in [3.8, 4) is 22.9 Å². The van der Waals surface area contributed by atoms with Crippen molar-refractivity contribution < 1.29 is 4.74 Å². The summed E-state index contributed by atoms with van der Waals surface area (Å²) in [5.41, 5.74) is 3.96. The fourth-order valence-corrected chi connectivity index (χ4v) is 2.42. The number of rotatable bonds is 6. The second kappa shape index (κ2) is 7.30. The van der Waals surface area contributed by atoms with E-state index in [1.165, 1.54) is 0 Å². The summed E-state index contributed by atoms with van der Waals surface area (Å²) in [6, 6.07) is 18.1. The second-order valence-corrected chi connectivity index (χ2v) is 5.32. The first kappa shape index (κ1) is 15.6. The van der Waals surface area contributed by atoms with E-state index in [-0.39, 0.29) is 6.54 Å². The van der Waals surface area contributed by atoms with Crippen molar-refractivity contribution in [2.75, 3.05) is 0 Å². The summed E-state index contributed by atoms with van der Waals surface area (Å²) in [4.78, 5) is 0. The molecule has 0 atom stereocenters. The zero-order valence-electron chi connectivity index (χ0n) is 13.2. The molecule has 3 aromatic rings. The lowest BCUT2D eigenvalue weighted by molar-refractivity contribution is 0.307. The molecule has 0 unspecified atom stereocenters. The minimum absolute atomic E-state index is 0.227. The first-order chi connectivity index (χ1) is 11.8. The molecule has 0 radical (unpaired) electrons. The number of hydrogen-bond acceptors (Lipinski definition) is 3. The maximum atomic E-state index is 8.79. The Labute approximate surface area is 141 Å². The van der Waals surface area contributed by atoms with Gasteiger partial charge in [0.15, 0.2) is 0 Å².